The van der Waals surface area contributed by atoms with Crippen molar-refractivity contribution >= 4 is 17.6 Å². The molecule has 0 aromatic carbocycles. The lowest BCUT2D eigenvalue weighted by Crippen LogP contribution is -2.37. The van der Waals surface area contributed by atoms with E-state index in [0.29, 0.717) is 18.7 Å². The summed E-state index contributed by atoms with van der Waals surface area (Å²) in [5.74, 6) is 0.798. The summed E-state index contributed by atoms with van der Waals surface area (Å²) >= 11 is 0. The maximum absolute atomic E-state index is 12.3. The maximum Gasteiger partial charge on any atom is 0.252 e. The standard InChI is InChI=1S/C17H26N4O2/c1-3-8-18-17(23)14-6-7-15(19-12-14)21-11-5-10-20(9-4-2)16(22)13-21/h6-7,12H,3-5,8-11,13H2,1-2H3,(H,18,23). The van der Waals surface area contributed by atoms with Crippen molar-refractivity contribution in [2.75, 3.05) is 37.6 Å². The molecule has 1 N–H and O–H groups in total. The van der Waals surface area contributed by atoms with Crippen molar-refractivity contribution in [2.24, 2.45) is 0 Å². The summed E-state index contributed by atoms with van der Waals surface area (Å²) in [6, 6.07) is 3.59. The number of carbonyl (C=O) groups excluding carboxylic acids is 2. The first-order valence-corrected chi connectivity index (χ1v) is 8.42. The monoisotopic (exact) mass is 318 g/mol. The number of hydrogen-bond donors (Lipinski definition) is 1. The average molecular weight is 318 g/mol. The summed E-state index contributed by atoms with van der Waals surface area (Å²) < 4.78 is 0. The molecular weight excluding hydrogens is 292 g/mol. The number of hydrogen-bond acceptors (Lipinski definition) is 4. The fourth-order valence-corrected chi connectivity index (χ4v) is 2.67. The molecule has 2 rings (SSSR count). The minimum absolute atomic E-state index is 0.105. The molecule has 1 aromatic rings. The van der Waals surface area contributed by atoms with E-state index in [1.54, 1.807) is 12.3 Å². The highest BCUT2D eigenvalue weighted by Gasteiger charge is 2.22. The Morgan fingerprint density at radius 1 is 1.26 bits per heavy atom. The summed E-state index contributed by atoms with van der Waals surface area (Å²) in [4.78, 5) is 32.4. The number of carbonyl (C=O) groups is 2. The molecule has 0 saturated carbocycles. The lowest BCUT2D eigenvalue weighted by atomic mass is 10.2. The van der Waals surface area contributed by atoms with E-state index in [1.807, 2.05) is 22.8 Å². The van der Waals surface area contributed by atoms with Gasteiger partial charge < -0.3 is 15.1 Å². The van der Waals surface area contributed by atoms with Crippen LogP contribution in [0.25, 0.3) is 0 Å². The van der Waals surface area contributed by atoms with Gasteiger partial charge in [0.05, 0.1) is 12.1 Å². The molecule has 0 spiro atoms. The van der Waals surface area contributed by atoms with Gasteiger partial charge in [-0.15, -0.1) is 0 Å². The van der Waals surface area contributed by atoms with Gasteiger partial charge in [0, 0.05) is 32.4 Å². The highest BCUT2D eigenvalue weighted by atomic mass is 16.2. The summed E-state index contributed by atoms with van der Waals surface area (Å²) in [6.45, 7) is 7.54. The van der Waals surface area contributed by atoms with Crippen LogP contribution >= 0.6 is 0 Å². The van der Waals surface area contributed by atoms with Crippen LogP contribution in [0.5, 0.6) is 0 Å². The highest BCUT2D eigenvalue weighted by molar-refractivity contribution is 5.94. The van der Waals surface area contributed by atoms with Crippen molar-refractivity contribution in [3.8, 4) is 0 Å². The Labute approximate surface area is 137 Å². The predicted molar refractivity (Wildman–Crippen MR) is 90.6 cm³/mol. The van der Waals surface area contributed by atoms with E-state index in [-0.39, 0.29) is 11.8 Å². The molecule has 0 unspecified atom stereocenters. The first-order chi connectivity index (χ1) is 11.2. The zero-order valence-electron chi connectivity index (χ0n) is 14.0. The van der Waals surface area contributed by atoms with Crippen molar-refractivity contribution in [2.45, 2.75) is 33.1 Å². The van der Waals surface area contributed by atoms with Crippen LogP contribution in [-0.2, 0) is 4.79 Å². The van der Waals surface area contributed by atoms with Crippen LogP contribution in [-0.4, -0.2) is 54.4 Å². The van der Waals surface area contributed by atoms with Crippen LogP contribution < -0.4 is 10.2 Å². The van der Waals surface area contributed by atoms with Gasteiger partial charge in [-0.05, 0) is 31.4 Å². The van der Waals surface area contributed by atoms with Crippen molar-refractivity contribution < 1.29 is 9.59 Å². The Morgan fingerprint density at radius 2 is 2.09 bits per heavy atom. The predicted octanol–water partition coefficient (Wildman–Crippen LogP) is 1.67. The van der Waals surface area contributed by atoms with Crippen LogP contribution in [0.3, 0.4) is 0 Å². The van der Waals surface area contributed by atoms with E-state index in [4.69, 9.17) is 0 Å². The van der Waals surface area contributed by atoms with E-state index >= 15 is 0 Å². The second-order valence-corrected chi connectivity index (χ2v) is 5.82. The number of rotatable bonds is 6. The zero-order valence-corrected chi connectivity index (χ0v) is 14.0. The number of anilines is 1. The van der Waals surface area contributed by atoms with E-state index in [2.05, 4.69) is 17.2 Å². The molecule has 6 heteroatoms. The Morgan fingerprint density at radius 3 is 2.74 bits per heavy atom. The first-order valence-electron chi connectivity index (χ1n) is 8.42. The van der Waals surface area contributed by atoms with Gasteiger partial charge >= 0.3 is 0 Å². The minimum atomic E-state index is -0.105. The van der Waals surface area contributed by atoms with Crippen LogP contribution in [0, 0.1) is 0 Å². The quantitative estimate of drug-likeness (QED) is 0.866. The molecule has 1 aliphatic heterocycles. The number of nitrogens with one attached hydrogen (secondary N) is 1. The van der Waals surface area contributed by atoms with E-state index in [0.717, 1.165) is 44.7 Å². The Balaban J connectivity index is 2.01. The molecule has 0 aliphatic carbocycles. The third kappa shape index (κ3) is 4.68. The molecule has 1 saturated heterocycles. The molecule has 126 valence electrons. The topological polar surface area (TPSA) is 65.5 Å². The number of nitrogens with zero attached hydrogens (tertiary/aromatic N) is 3. The van der Waals surface area contributed by atoms with Gasteiger partial charge in [-0.1, -0.05) is 13.8 Å². The average Bonchev–Trinajstić information content (AvgIpc) is 2.75. The van der Waals surface area contributed by atoms with Gasteiger partial charge in [0.25, 0.3) is 5.91 Å². The molecular formula is C17H26N4O2. The molecule has 0 bridgehead atoms. The van der Waals surface area contributed by atoms with Gasteiger partial charge in [-0.3, -0.25) is 9.59 Å². The smallest absolute Gasteiger partial charge is 0.252 e. The van der Waals surface area contributed by atoms with Gasteiger partial charge in [0.2, 0.25) is 5.91 Å². The lowest BCUT2D eigenvalue weighted by molar-refractivity contribution is -0.129. The fraction of sp³-hybridized carbons (Fsp3) is 0.588. The maximum atomic E-state index is 12.3. The van der Waals surface area contributed by atoms with Gasteiger partial charge in [-0.2, -0.15) is 0 Å². The van der Waals surface area contributed by atoms with Crippen molar-refractivity contribution in [1.29, 1.82) is 0 Å². The molecule has 1 aliphatic rings. The lowest BCUT2D eigenvalue weighted by Gasteiger charge is -2.22. The van der Waals surface area contributed by atoms with E-state index < -0.39 is 0 Å². The molecule has 0 atom stereocenters. The van der Waals surface area contributed by atoms with Crippen LogP contribution in [0.15, 0.2) is 18.3 Å². The Kier molecular flexibility index (Phi) is 6.38. The molecule has 1 aromatic heterocycles. The van der Waals surface area contributed by atoms with Gasteiger partial charge in [-0.25, -0.2) is 4.98 Å². The molecule has 0 radical (unpaired) electrons. The van der Waals surface area contributed by atoms with Crippen molar-refractivity contribution in [3.63, 3.8) is 0 Å². The van der Waals surface area contributed by atoms with E-state index in [9.17, 15) is 9.59 Å². The second kappa shape index (κ2) is 8.50. The Bertz CT molecular complexity index is 530. The number of pyridine rings is 1. The largest absolute Gasteiger partial charge is 0.352 e. The Hall–Kier alpha value is -2.11. The van der Waals surface area contributed by atoms with E-state index in [1.165, 1.54) is 0 Å². The third-order valence-corrected chi connectivity index (χ3v) is 3.90. The summed E-state index contributed by atoms with van der Waals surface area (Å²) in [6.07, 6.45) is 4.40. The summed E-state index contributed by atoms with van der Waals surface area (Å²) in [5.41, 5.74) is 0.552. The molecule has 2 heterocycles. The summed E-state index contributed by atoms with van der Waals surface area (Å²) in [7, 11) is 0. The van der Waals surface area contributed by atoms with Gasteiger partial charge in [0.15, 0.2) is 0 Å². The first kappa shape index (κ1) is 17.2. The van der Waals surface area contributed by atoms with Crippen LogP contribution in [0.4, 0.5) is 5.82 Å². The zero-order chi connectivity index (χ0) is 16.7. The highest BCUT2D eigenvalue weighted by Crippen LogP contribution is 2.15. The van der Waals surface area contributed by atoms with Crippen molar-refractivity contribution in [1.82, 2.24) is 15.2 Å². The summed E-state index contributed by atoms with van der Waals surface area (Å²) in [5, 5.41) is 2.83. The normalized spacial score (nSPS) is 15.5. The number of amides is 2. The molecule has 6 nitrogen and oxygen atoms in total. The second-order valence-electron chi connectivity index (χ2n) is 5.82. The van der Waals surface area contributed by atoms with Crippen LogP contribution in [0.1, 0.15) is 43.5 Å². The van der Waals surface area contributed by atoms with Crippen LogP contribution in [0.2, 0.25) is 0 Å². The molecule has 2 amide bonds. The minimum Gasteiger partial charge on any atom is -0.352 e. The van der Waals surface area contributed by atoms with Crippen molar-refractivity contribution in [3.05, 3.63) is 23.9 Å². The molecule has 23 heavy (non-hydrogen) atoms. The molecule has 1 fully saturated rings. The third-order valence-electron chi connectivity index (χ3n) is 3.90. The van der Waals surface area contributed by atoms with Gasteiger partial charge in [0.1, 0.15) is 5.82 Å². The SMILES string of the molecule is CCCNC(=O)c1ccc(N2CCCN(CCC)C(=O)C2)nc1. The number of aromatic nitrogens is 1. The fourth-order valence-electron chi connectivity index (χ4n) is 2.67.